The van der Waals surface area contributed by atoms with Gasteiger partial charge in [-0.1, -0.05) is 60.7 Å². The van der Waals surface area contributed by atoms with Crippen LogP contribution in [-0.4, -0.2) is 10.6 Å². The van der Waals surface area contributed by atoms with Gasteiger partial charge in [0.15, 0.2) is 0 Å². The number of para-hydroxylation sites is 1. The van der Waals surface area contributed by atoms with Crippen molar-refractivity contribution in [1.82, 2.24) is 0 Å². The van der Waals surface area contributed by atoms with Gasteiger partial charge < -0.3 is 0 Å². The predicted octanol–water partition coefficient (Wildman–Crippen LogP) is 4.95. The van der Waals surface area contributed by atoms with Crippen LogP contribution in [0.1, 0.15) is 23.6 Å². The van der Waals surface area contributed by atoms with Crippen LogP contribution in [0, 0.1) is 10.1 Å². The first-order valence-electron chi connectivity index (χ1n) is 8.44. The van der Waals surface area contributed by atoms with E-state index in [0.717, 1.165) is 17.0 Å². The Morgan fingerprint density at radius 2 is 1.62 bits per heavy atom. The summed E-state index contributed by atoms with van der Waals surface area (Å²) in [5.41, 5.74) is 3.90. The second-order valence-electron chi connectivity index (χ2n) is 6.16. The van der Waals surface area contributed by atoms with E-state index in [-0.39, 0.29) is 16.7 Å². The standard InChI is InChI=1S/C21H17N3O2/c25-24(26)19-13-7-10-17(14-19)20-15-21(16-8-3-1-4-9-16)23(22-20)18-11-5-2-6-12-18/h1-14,21H,15H2. The number of benzene rings is 3. The molecular formula is C21H17N3O2. The van der Waals surface area contributed by atoms with Crippen molar-refractivity contribution in [2.24, 2.45) is 5.10 Å². The number of nitro benzene ring substituents is 1. The van der Waals surface area contributed by atoms with Gasteiger partial charge in [0.25, 0.3) is 5.69 Å². The van der Waals surface area contributed by atoms with Crippen molar-refractivity contribution in [1.29, 1.82) is 0 Å². The SMILES string of the molecule is O=[N+]([O-])c1cccc(C2=NN(c3ccccc3)C(c3ccccc3)C2)c1. The average Bonchev–Trinajstić information content (AvgIpc) is 3.15. The van der Waals surface area contributed by atoms with E-state index in [4.69, 9.17) is 5.10 Å². The molecule has 0 saturated heterocycles. The number of hydrogen-bond donors (Lipinski definition) is 0. The van der Waals surface area contributed by atoms with Crippen molar-refractivity contribution < 1.29 is 4.92 Å². The summed E-state index contributed by atoms with van der Waals surface area (Å²) in [6.07, 6.45) is 0.695. The number of anilines is 1. The highest BCUT2D eigenvalue weighted by molar-refractivity contribution is 6.03. The van der Waals surface area contributed by atoms with Crippen LogP contribution >= 0.6 is 0 Å². The van der Waals surface area contributed by atoms with E-state index in [9.17, 15) is 10.1 Å². The third kappa shape index (κ3) is 3.07. The van der Waals surface area contributed by atoms with Crippen LogP contribution in [0.4, 0.5) is 11.4 Å². The third-order valence-electron chi connectivity index (χ3n) is 4.51. The molecule has 4 rings (SSSR count). The Labute approximate surface area is 151 Å². The number of nitro groups is 1. The normalized spacial score (nSPS) is 16.4. The van der Waals surface area contributed by atoms with E-state index in [1.807, 2.05) is 59.6 Å². The van der Waals surface area contributed by atoms with Crippen LogP contribution in [0.5, 0.6) is 0 Å². The Morgan fingerprint density at radius 1 is 0.923 bits per heavy atom. The molecule has 3 aromatic rings. The summed E-state index contributed by atoms with van der Waals surface area (Å²) in [4.78, 5) is 10.7. The van der Waals surface area contributed by atoms with Crippen LogP contribution in [0.3, 0.4) is 0 Å². The van der Waals surface area contributed by atoms with E-state index in [1.54, 1.807) is 12.1 Å². The molecule has 1 aliphatic heterocycles. The van der Waals surface area contributed by atoms with Gasteiger partial charge in [-0.15, -0.1) is 0 Å². The molecule has 1 unspecified atom stereocenters. The van der Waals surface area contributed by atoms with Gasteiger partial charge in [-0.3, -0.25) is 15.1 Å². The van der Waals surface area contributed by atoms with Gasteiger partial charge in [-0.25, -0.2) is 0 Å². The highest BCUT2D eigenvalue weighted by Gasteiger charge is 2.30. The van der Waals surface area contributed by atoms with E-state index >= 15 is 0 Å². The molecule has 5 heteroatoms. The molecular weight excluding hydrogens is 326 g/mol. The Morgan fingerprint density at radius 3 is 2.31 bits per heavy atom. The van der Waals surface area contributed by atoms with Gasteiger partial charge in [-0.05, 0) is 17.7 Å². The molecule has 3 aromatic carbocycles. The zero-order valence-electron chi connectivity index (χ0n) is 14.0. The fraction of sp³-hybridized carbons (Fsp3) is 0.0952. The molecule has 0 N–H and O–H groups in total. The Balaban J connectivity index is 1.75. The zero-order chi connectivity index (χ0) is 17.9. The van der Waals surface area contributed by atoms with Crippen LogP contribution < -0.4 is 5.01 Å². The molecule has 0 fully saturated rings. The van der Waals surface area contributed by atoms with E-state index in [0.29, 0.717) is 6.42 Å². The lowest BCUT2D eigenvalue weighted by atomic mass is 9.98. The van der Waals surface area contributed by atoms with Crippen molar-refractivity contribution >= 4 is 17.1 Å². The molecule has 0 spiro atoms. The molecule has 0 saturated carbocycles. The van der Waals surface area contributed by atoms with Gasteiger partial charge in [-0.2, -0.15) is 5.10 Å². The highest BCUT2D eigenvalue weighted by atomic mass is 16.6. The van der Waals surface area contributed by atoms with Gasteiger partial charge in [0.1, 0.15) is 0 Å². The maximum Gasteiger partial charge on any atom is 0.270 e. The minimum Gasteiger partial charge on any atom is -0.258 e. The first-order valence-corrected chi connectivity index (χ1v) is 8.44. The fourth-order valence-electron chi connectivity index (χ4n) is 3.24. The predicted molar refractivity (Wildman–Crippen MR) is 102 cm³/mol. The Kier molecular flexibility index (Phi) is 4.19. The summed E-state index contributed by atoms with van der Waals surface area (Å²) in [6.45, 7) is 0. The summed E-state index contributed by atoms with van der Waals surface area (Å²) < 4.78 is 0. The maximum atomic E-state index is 11.1. The third-order valence-corrected chi connectivity index (χ3v) is 4.51. The molecule has 26 heavy (non-hydrogen) atoms. The van der Waals surface area contributed by atoms with Crippen molar-refractivity contribution in [2.45, 2.75) is 12.5 Å². The maximum absolute atomic E-state index is 11.1. The minimum absolute atomic E-state index is 0.0628. The Hall–Kier alpha value is -3.47. The van der Waals surface area contributed by atoms with Crippen molar-refractivity contribution in [3.8, 4) is 0 Å². The van der Waals surface area contributed by atoms with Crippen molar-refractivity contribution in [2.75, 3.05) is 5.01 Å². The molecule has 5 nitrogen and oxygen atoms in total. The second-order valence-corrected chi connectivity index (χ2v) is 6.16. The zero-order valence-corrected chi connectivity index (χ0v) is 14.0. The number of non-ortho nitro benzene ring substituents is 1. The second kappa shape index (κ2) is 6.80. The first-order chi connectivity index (χ1) is 12.7. The number of hydrogen-bond acceptors (Lipinski definition) is 4. The molecule has 128 valence electrons. The first kappa shape index (κ1) is 16.0. The van der Waals surface area contributed by atoms with Gasteiger partial charge in [0, 0.05) is 24.1 Å². The van der Waals surface area contributed by atoms with Crippen LogP contribution in [0.15, 0.2) is 90.0 Å². The van der Waals surface area contributed by atoms with Gasteiger partial charge in [0.05, 0.1) is 22.4 Å². The molecule has 0 aliphatic carbocycles. The van der Waals surface area contributed by atoms with E-state index in [1.165, 1.54) is 11.6 Å². The van der Waals surface area contributed by atoms with E-state index < -0.39 is 0 Å². The van der Waals surface area contributed by atoms with Crippen molar-refractivity contribution in [3.05, 3.63) is 106 Å². The molecule has 0 aromatic heterocycles. The average molecular weight is 343 g/mol. The fourth-order valence-corrected chi connectivity index (χ4v) is 3.24. The number of hydrazone groups is 1. The molecule has 1 atom stereocenters. The molecule has 1 aliphatic rings. The van der Waals surface area contributed by atoms with Gasteiger partial charge in [0.2, 0.25) is 0 Å². The summed E-state index contributed by atoms with van der Waals surface area (Å²) in [5.74, 6) is 0. The van der Waals surface area contributed by atoms with Crippen LogP contribution in [0.2, 0.25) is 0 Å². The van der Waals surface area contributed by atoms with Crippen molar-refractivity contribution in [3.63, 3.8) is 0 Å². The summed E-state index contributed by atoms with van der Waals surface area (Å²) in [7, 11) is 0. The minimum atomic E-state index is -0.372. The largest absolute Gasteiger partial charge is 0.270 e. The van der Waals surface area contributed by atoms with E-state index in [2.05, 4.69) is 12.1 Å². The summed E-state index contributed by atoms with van der Waals surface area (Å²) in [6, 6.07) is 26.9. The van der Waals surface area contributed by atoms with Crippen LogP contribution in [0.25, 0.3) is 0 Å². The lowest BCUT2D eigenvalue weighted by Gasteiger charge is -2.23. The Bertz CT molecular complexity index is 955. The summed E-state index contributed by atoms with van der Waals surface area (Å²) >= 11 is 0. The molecule has 0 amide bonds. The monoisotopic (exact) mass is 343 g/mol. The summed E-state index contributed by atoms with van der Waals surface area (Å²) in [5, 5.41) is 17.9. The highest BCUT2D eigenvalue weighted by Crippen LogP contribution is 2.36. The molecule has 1 heterocycles. The lowest BCUT2D eigenvalue weighted by Crippen LogP contribution is -2.18. The molecule has 0 bridgehead atoms. The van der Waals surface area contributed by atoms with Gasteiger partial charge >= 0.3 is 0 Å². The van der Waals surface area contributed by atoms with Crippen LogP contribution in [-0.2, 0) is 0 Å². The quantitative estimate of drug-likeness (QED) is 0.497. The number of nitrogens with zero attached hydrogens (tertiary/aromatic N) is 3. The topological polar surface area (TPSA) is 58.7 Å². The lowest BCUT2D eigenvalue weighted by molar-refractivity contribution is -0.384. The smallest absolute Gasteiger partial charge is 0.258 e. The number of rotatable bonds is 4. The molecule has 0 radical (unpaired) electrons.